The Morgan fingerprint density at radius 2 is 1.84 bits per heavy atom. The molecule has 4 heteroatoms. The van der Waals surface area contributed by atoms with Crippen molar-refractivity contribution >= 4 is 5.91 Å². The van der Waals surface area contributed by atoms with Gasteiger partial charge in [0, 0.05) is 26.2 Å². The number of hydrogen-bond acceptors (Lipinski definition) is 3. The summed E-state index contributed by atoms with van der Waals surface area (Å²) in [7, 11) is 0. The van der Waals surface area contributed by atoms with E-state index in [0.717, 1.165) is 38.9 Å². The van der Waals surface area contributed by atoms with E-state index in [0.29, 0.717) is 6.54 Å². The van der Waals surface area contributed by atoms with Gasteiger partial charge in [0.1, 0.15) is 0 Å². The maximum atomic E-state index is 13.2. The first-order valence-electron chi connectivity index (χ1n) is 9.91. The third kappa shape index (κ3) is 3.00. The molecule has 1 heterocycles. The molecule has 136 valence electrons. The normalized spacial score (nSPS) is 29.0. The van der Waals surface area contributed by atoms with Crippen molar-refractivity contribution in [2.75, 3.05) is 26.2 Å². The smallest absolute Gasteiger partial charge is 0.231 e. The third-order valence-electron chi connectivity index (χ3n) is 6.87. The molecule has 0 unspecified atom stereocenters. The second kappa shape index (κ2) is 6.73. The number of hydrogen-bond donors (Lipinski definition) is 2. The Kier molecular flexibility index (Phi) is 4.59. The second-order valence-electron chi connectivity index (χ2n) is 8.26. The van der Waals surface area contributed by atoms with E-state index in [1.54, 1.807) is 0 Å². The van der Waals surface area contributed by atoms with Gasteiger partial charge in [-0.1, -0.05) is 43.2 Å². The number of rotatable bonds is 5. The second-order valence-corrected chi connectivity index (χ2v) is 8.26. The molecule has 1 amide bonds. The van der Waals surface area contributed by atoms with Gasteiger partial charge in [0.15, 0.2) is 0 Å². The average Bonchev–Trinajstić information content (AvgIpc) is 3.05. The Labute approximate surface area is 150 Å². The molecule has 1 saturated heterocycles. The Hall–Kier alpha value is -1.39. The average molecular weight is 342 g/mol. The molecular weight excluding hydrogens is 312 g/mol. The van der Waals surface area contributed by atoms with E-state index in [2.05, 4.69) is 34.5 Å². The lowest BCUT2D eigenvalue weighted by Crippen LogP contribution is -2.44. The summed E-state index contributed by atoms with van der Waals surface area (Å²) in [6.45, 7) is 3.46. The van der Waals surface area contributed by atoms with Crippen LogP contribution in [-0.2, 0) is 10.2 Å². The summed E-state index contributed by atoms with van der Waals surface area (Å²) in [5.41, 5.74) is 1.13. The molecule has 0 radical (unpaired) electrons. The van der Waals surface area contributed by atoms with Crippen LogP contribution in [0.4, 0.5) is 0 Å². The quantitative estimate of drug-likeness (QED) is 0.864. The fourth-order valence-corrected chi connectivity index (χ4v) is 5.32. The molecule has 2 N–H and O–H groups in total. The number of aliphatic hydroxyl groups is 1. The molecular formula is C21H30N2O2. The number of nitrogens with one attached hydrogen (secondary N) is 1. The van der Waals surface area contributed by atoms with Gasteiger partial charge in [0.05, 0.1) is 11.5 Å². The van der Waals surface area contributed by atoms with Gasteiger partial charge in [-0.05, 0) is 43.1 Å². The first kappa shape index (κ1) is 17.0. The van der Waals surface area contributed by atoms with Crippen LogP contribution in [0.3, 0.4) is 0 Å². The van der Waals surface area contributed by atoms with Gasteiger partial charge in [-0.3, -0.25) is 4.79 Å². The van der Waals surface area contributed by atoms with Gasteiger partial charge in [-0.25, -0.2) is 0 Å². The summed E-state index contributed by atoms with van der Waals surface area (Å²) >= 11 is 0. The van der Waals surface area contributed by atoms with E-state index < -0.39 is 0 Å². The summed E-state index contributed by atoms with van der Waals surface area (Å²) in [6.07, 6.45) is 7.50. The molecule has 2 saturated carbocycles. The van der Waals surface area contributed by atoms with Crippen molar-refractivity contribution in [1.82, 2.24) is 10.2 Å². The Bertz CT molecular complexity index is 604. The first-order valence-corrected chi connectivity index (χ1v) is 9.91. The highest BCUT2D eigenvalue weighted by Gasteiger charge is 2.72. The molecule has 1 spiro atoms. The van der Waals surface area contributed by atoms with Crippen molar-refractivity contribution in [2.24, 2.45) is 5.41 Å². The van der Waals surface area contributed by atoms with Crippen LogP contribution in [0.1, 0.15) is 50.5 Å². The number of piperidine rings is 1. The van der Waals surface area contributed by atoms with Crippen LogP contribution in [0.25, 0.3) is 0 Å². The fourth-order valence-electron chi connectivity index (χ4n) is 5.32. The number of benzene rings is 1. The zero-order chi connectivity index (χ0) is 17.3. The summed E-state index contributed by atoms with van der Waals surface area (Å²) in [5.74, 6) is 0.234. The minimum Gasteiger partial charge on any atom is -0.393 e. The molecule has 4 rings (SSSR count). The minimum absolute atomic E-state index is 0.138. The molecule has 1 aromatic rings. The molecule has 25 heavy (non-hydrogen) atoms. The Morgan fingerprint density at radius 3 is 2.52 bits per heavy atom. The van der Waals surface area contributed by atoms with Crippen LogP contribution in [0.5, 0.6) is 0 Å². The molecule has 3 aliphatic rings. The predicted molar refractivity (Wildman–Crippen MR) is 98.3 cm³/mol. The van der Waals surface area contributed by atoms with Crippen LogP contribution in [0, 0.1) is 5.41 Å². The van der Waals surface area contributed by atoms with Crippen molar-refractivity contribution < 1.29 is 9.90 Å². The van der Waals surface area contributed by atoms with Crippen LogP contribution < -0.4 is 5.32 Å². The van der Waals surface area contributed by atoms with E-state index in [4.69, 9.17) is 0 Å². The highest BCUT2D eigenvalue weighted by atomic mass is 16.3. The summed E-state index contributed by atoms with van der Waals surface area (Å²) in [5, 5.41) is 12.9. The summed E-state index contributed by atoms with van der Waals surface area (Å²) < 4.78 is 0. The van der Waals surface area contributed by atoms with Crippen molar-refractivity contribution in [2.45, 2.75) is 56.5 Å². The molecule has 2 aliphatic carbocycles. The van der Waals surface area contributed by atoms with E-state index in [-0.39, 0.29) is 22.8 Å². The molecule has 1 atom stereocenters. The molecule has 3 fully saturated rings. The van der Waals surface area contributed by atoms with Crippen molar-refractivity contribution in [3.8, 4) is 0 Å². The van der Waals surface area contributed by atoms with Gasteiger partial charge < -0.3 is 15.3 Å². The Morgan fingerprint density at radius 1 is 1.16 bits per heavy atom. The van der Waals surface area contributed by atoms with Gasteiger partial charge in [0.25, 0.3) is 0 Å². The summed E-state index contributed by atoms with van der Waals surface area (Å²) in [4.78, 5) is 15.6. The number of nitrogens with zero attached hydrogens (tertiary/aromatic N) is 1. The highest BCUT2D eigenvalue weighted by Crippen LogP contribution is 2.72. The van der Waals surface area contributed by atoms with Crippen LogP contribution in [0.2, 0.25) is 0 Å². The molecule has 1 aliphatic heterocycles. The minimum atomic E-state index is -0.289. The molecule has 0 bridgehead atoms. The lowest BCUT2D eigenvalue weighted by atomic mass is 9.84. The lowest BCUT2D eigenvalue weighted by molar-refractivity contribution is -0.124. The zero-order valence-electron chi connectivity index (χ0n) is 15.0. The lowest BCUT2D eigenvalue weighted by Gasteiger charge is -2.30. The number of carbonyl (C=O) groups is 1. The SMILES string of the molecule is O=C(NCCN1CCC(O)CC1)[C@@]1(c2ccccc2)CC12CCCC2. The van der Waals surface area contributed by atoms with Crippen LogP contribution in [0.15, 0.2) is 30.3 Å². The van der Waals surface area contributed by atoms with Gasteiger partial charge >= 0.3 is 0 Å². The van der Waals surface area contributed by atoms with Crippen molar-refractivity contribution in [1.29, 1.82) is 0 Å². The zero-order valence-corrected chi connectivity index (χ0v) is 15.0. The number of carbonyl (C=O) groups excluding carboxylic acids is 1. The van der Waals surface area contributed by atoms with Gasteiger partial charge in [0.2, 0.25) is 5.91 Å². The Balaban J connectivity index is 1.40. The van der Waals surface area contributed by atoms with E-state index in [9.17, 15) is 9.90 Å². The first-order chi connectivity index (χ1) is 12.2. The molecule has 1 aromatic carbocycles. The number of amides is 1. The predicted octanol–water partition coefficient (Wildman–Crippen LogP) is 2.46. The number of aliphatic hydroxyl groups excluding tert-OH is 1. The largest absolute Gasteiger partial charge is 0.393 e. The maximum absolute atomic E-state index is 13.2. The van der Waals surface area contributed by atoms with Gasteiger partial charge in [-0.15, -0.1) is 0 Å². The van der Waals surface area contributed by atoms with E-state index in [1.165, 1.54) is 31.2 Å². The topological polar surface area (TPSA) is 52.6 Å². The van der Waals surface area contributed by atoms with Crippen LogP contribution >= 0.6 is 0 Å². The van der Waals surface area contributed by atoms with Crippen molar-refractivity contribution in [3.05, 3.63) is 35.9 Å². The standard InChI is InChI=1S/C21H30N2O2/c24-18-8-13-23(14-9-18)15-12-22-19(25)21(17-6-2-1-3-7-17)16-20(21)10-4-5-11-20/h1-3,6-7,18,24H,4-5,8-16H2,(H,22,25)/t21-/m0/s1. The van der Waals surface area contributed by atoms with E-state index >= 15 is 0 Å². The number of likely N-dealkylation sites (tertiary alicyclic amines) is 1. The monoisotopic (exact) mass is 342 g/mol. The van der Waals surface area contributed by atoms with E-state index in [1.807, 2.05) is 6.07 Å². The molecule has 4 nitrogen and oxygen atoms in total. The van der Waals surface area contributed by atoms with Gasteiger partial charge in [-0.2, -0.15) is 0 Å². The third-order valence-corrected chi connectivity index (χ3v) is 6.87. The summed E-state index contributed by atoms with van der Waals surface area (Å²) in [6, 6.07) is 10.4. The molecule has 0 aromatic heterocycles. The maximum Gasteiger partial charge on any atom is 0.231 e. The van der Waals surface area contributed by atoms with Crippen molar-refractivity contribution in [3.63, 3.8) is 0 Å². The highest BCUT2D eigenvalue weighted by molar-refractivity contribution is 5.93. The van der Waals surface area contributed by atoms with Crippen LogP contribution in [-0.4, -0.2) is 48.2 Å². The fraction of sp³-hybridized carbons (Fsp3) is 0.667.